The molecule has 0 N–H and O–H groups in total. The van der Waals surface area contributed by atoms with Crippen molar-refractivity contribution in [2.45, 2.75) is 156 Å². The molecule has 0 saturated carbocycles. The molecule has 0 amide bonds. The molecule has 0 aromatic carbocycles. The number of hydrogen-bond acceptors (Lipinski definition) is 6. The summed E-state index contributed by atoms with van der Waals surface area (Å²) >= 11 is 0. The number of ether oxygens (including phenoxy) is 1. The van der Waals surface area contributed by atoms with E-state index < -0.39 is 22.0 Å². The molecule has 1 atom stereocenters. The van der Waals surface area contributed by atoms with Gasteiger partial charge in [0.2, 0.25) is 10.0 Å². The van der Waals surface area contributed by atoms with Crippen LogP contribution in [0.2, 0.25) is 0 Å². The number of sulfonamides is 1. The molecule has 0 radical (unpaired) electrons. The lowest BCUT2D eigenvalue weighted by Crippen LogP contribution is -2.45. The van der Waals surface area contributed by atoms with Gasteiger partial charge >= 0.3 is 5.97 Å². The number of nitrogens with zero attached hydrogens (tertiary/aromatic N) is 4. The normalized spacial score (nSPS) is 12.9. The van der Waals surface area contributed by atoms with Crippen molar-refractivity contribution in [3.8, 4) is 0 Å². The van der Waals surface area contributed by atoms with Crippen molar-refractivity contribution in [3.63, 3.8) is 0 Å². The molecule has 9 heteroatoms. The molecule has 0 aliphatic heterocycles. The molecule has 0 aliphatic rings. The van der Waals surface area contributed by atoms with Crippen LogP contribution in [0.25, 0.3) is 11.0 Å². The monoisotopic (exact) mass is 634 g/mol. The SMILES string of the molecule is CCCCCCCCCCCCCCCCCOC(=O)[C@H](CC(C)C)N(C)S(=O)(=O)CCCCn1c(C)nc2cnccc21. The Bertz CT molecular complexity index is 1160. The van der Waals surface area contributed by atoms with Crippen LogP contribution in [0.1, 0.15) is 142 Å². The molecule has 44 heavy (non-hydrogen) atoms. The van der Waals surface area contributed by atoms with Crippen LogP contribution in [-0.2, 0) is 26.1 Å². The van der Waals surface area contributed by atoms with Crippen molar-refractivity contribution in [2.24, 2.45) is 5.92 Å². The van der Waals surface area contributed by atoms with Crippen molar-refractivity contribution >= 4 is 27.0 Å². The largest absolute Gasteiger partial charge is 0.464 e. The first kappa shape index (κ1) is 38.2. The van der Waals surface area contributed by atoms with E-state index in [2.05, 4.69) is 21.5 Å². The quantitative estimate of drug-likeness (QED) is 0.0760. The van der Waals surface area contributed by atoms with Crippen molar-refractivity contribution in [1.29, 1.82) is 0 Å². The van der Waals surface area contributed by atoms with Gasteiger partial charge < -0.3 is 9.30 Å². The van der Waals surface area contributed by atoms with E-state index in [1.807, 2.05) is 26.8 Å². The zero-order chi connectivity index (χ0) is 32.2. The first-order chi connectivity index (χ1) is 21.2. The molecule has 2 rings (SSSR count). The first-order valence-electron chi connectivity index (χ1n) is 17.6. The first-order valence-corrected chi connectivity index (χ1v) is 19.2. The second kappa shape index (κ2) is 21.7. The Balaban J connectivity index is 1.63. The van der Waals surface area contributed by atoms with Gasteiger partial charge in [-0.25, -0.2) is 13.4 Å². The number of aryl methyl sites for hydroxylation is 2. The minimum Gasteiger partial charge on any atom is -0.464 e. The minimum atomic E-state index is -3.61. The third-order valence-electron chi connectivity index (χ3n) is 8.61. The van der Waals surface area contributed by atoms with Gasteiger partial charge in [-0.2, -0.15) is 4.31 Å². The number of fused-ring (bicyclic) bond motifs is 1. The van der Waals surface area contributed by atoms with Crippen LogP contribution >= 0.6 is 0 Å². The summed E-state index contributed by atoms with van der Waals surface area (Å²) in [5, 5.41) is 0. The number of carbonyl (C=O) groups is 1. The Morgan fingerprint density at radius 1 is 0.886 bits per heavy atom. The lowest BCUT2D eigenvalue weighted by Gasteiger charge is -2.27. The number of esters is 1. The summed E-state index contributed by atoms with van der Waals surface area (Å²) in [7, 11) is -2.08. The van der Waals surface area contributed by atoms with E-state index in [4.69, 9.17) is 4.74 Å². The van der Waals surface area contributed by atoms with Crippen LogP contribution in [0.5, 0.6) is 0 Å². The molecule has 2 heterocycles. The average molecular weight is 635 g/mol. The van der Waals surface area contributed by atoms with E-state index >= 15 is 0 Å². The second-order valence-corrected chi connectivity index (χ2v) is 15.1. The molecular formula is C35H62N4O4S. The van der Waals surface area contributed by atoms with Crippen molar-refractivity contribution in [3.05, 3.63) is 24.3 Å². The second-order valence-electron chi connectivity index (χ2n) is 13.0. The van der Waals surface area contributed by atoms with Gasteiger partial charge in [-0.15, -0.1) is 0 Å². The standard InChI is InChI=1S/C35H62N4O4S/c1-6-7-8-9-10-11-12-13-14-15-16-17-18-19-21-26-43-35(40)34(28-30(2)3)38(5)44(41,42)27-22-20-25-39-31(4)37-32-29-36-24-23-33(32)39/h23-24,29-30,34H,6-22,25-28H2,1-5H3/t34-/m0/s1. The highest BCUT2D eigenvalue weighted by molar-refractivity contribution is 7.89. The van der Waals surface area contributed by atoms with Crippen LogP contribution in [0.4, 0.5) is 0 Å². The molecule has 0 fully saturated rings. The lowest BCUT2D eigenvalue weighted by atomic mass is 10.0. The summed E-state index contributed by atoms with van der Waals surface area (Å²) < 4.78 is 35.4. The van der Waals surface area contributed by atoms with Gasteiger partial charge in [0.05, 0.1) is 24.1 Å². The number of carbonyl (C=O) groups excluding carboxylic acids is 1. The molecule has 8 nitrogen and oxygen atoms in total. The summed E-state index contributed by atoms with van der Waals surface area (Å²) in [5.41, 5.74) is 1.85. The van der Waals surface area contributed by atoms with Gasteiger partial charge in [-0.3, -0.25) is 9.78 Å². The van der Waals surface area contributed by atoms with E-state index in [0.717, 1.165) is 36.1 Å². The van der Waals surface area contributed by atoms with Gasteiger partial charge in [-0.05, 0) is 44.6 Å². The van der Waals surface area contributed by atoms with Crippen molar-refractivity contribution in [2.75, 3.05) is 19.4 Å². The van der Waals surface area contributed by atoms with E-state index in [0.29, 0.717) is 32.4 Å². The van der Waals surface area contributed by atoms with E-state index in [1.54, 1.807) is 12.4 Å². The Hall–Kier alpha value is -2.00. The fourth-order valence-corrected chi connectivity index (χ4v) is 7.28. The molecule has 0 spiro atoms. The van der Waals surface area contributed by atoms with Crippen LogP contribution in [0, 0.1) is 12.8 Å². The van der Waals surface area contributed by atoms with Crippen molar-refractivity contribution < 1.29 is 17.9 Å². The fraction of sp³-hybridized carbons (Fsp3) is 0.800. The predicted octanol–water partition coefficient (Wildman–Crippen LogP) is 8.61. The molecule has 0 saturated heterocycles. The Labute approximate surface area is 268 Å². The number of likely N-dealkylation sites (N-methyl/N-ethyl adjacent to an activating group) is 1. The van der Waals surface area contributed by atoms with Gasteiger partial charge in [0.15, 0.2) is 0 Å². The summed E-state index contributed by atoms with van der Waals surface area (Å²) in [4.78, 5) is 21.7. The number of pyridine rings is 1. The average Bonchev–Trinajstić information content (AvgIpc) is 3.31. The summed E-state index contributed by atoms with van der Waals surface area (Å²) in [6.07, 6.45) is 24.4. The van der Waals surface area contributed by atoms with Crippen molar-refractivity contribution in [1.82, 2.24) is 18.8 Å². The van der Waals surface area contributed by atoms with Crippen LogP contribution < -0.4 is 0 Å². The topological polar surface area (TPSA) is 94.4 Å². The molecule has 2 aromatic rings. The number of hydrogen-bond donors (Lipinski definition) is 0. The van der Waals surface area contributed by atoms with Crippen LogP contribution in [-0.4, -0.2) is 58.7 Å². The molecular weight excluding hydrogens is 572 g/mol. The predicted molar refractivity (Wildman–Crippen MR) is 182 cm³/mol. The molecule has 0 bridgehead atoms. The number of rotatable bonds is 26. The maximum atomic E-state index is 13.2. The zero-order valence-corrected chi connectivity index (χ0v) is 29.4. The van der Waals surface area contributed by atoms with Gasteiger partial charge in [0, 0.05) is 19.8 Å². The highest BCUT2D eigenvalue weighted by Gasteiger charge is 2.33. The van der Waals surface area contributed by atoms with Crippen LogP contribution in [0.15, 0.2) is 18.5 Å². The Morgan fingerprint density at radius 2 is 1.45 bits per heavy atom. The van der Waals surface area contributed by atoms with Gasteiger partial charge in [0.1, 0.15) is 17.4 Å². The molecule has 0 aliphatic carbocycles. The Morgan fingerprint density at radius 3 is 2.02 bits per heavy atom. The summed E-state index contributed by atoms with van der Waals surface area (Å²) in [5.74, 6) is 0.631. The third kappa shape index (κ3) is 14.4. The molecule has 252 valence electrons. The molecule has 0 unspecified atom stereocenters. The fourth-order valence-electron chi connectivity index (χ4n) is 5.86. The number of imidazole rings is 1. The summed E-state index contributed by atoms with van der Waals surface area (Å²) in [6, 6.07) is 1.14. The van der Waals surface area contributed by atoms with E-state index in [-0.39, 0.29) is 11.7 Å². The maximum Gasteiger partial charge on any atom is 0.324 e. The van der Waals surface area contributed by atoms with E-state index in [1.165, 1.54) is 88.4 Å². The number of unbranched alkanes of at least 4 members (excludes halogenated alkanes) is 15. The maximum absolute atomic E-state index is 13.2. The lowest BCUT2D eigenvalue weighted by molar-refractivity contribution is -0.148. The summed E-state index contributed by atoms with van der Waals surface area (Å²) in [6.45, 7) is 9.26. The Kier molecular flexibility index (Phi) is 18.8. The number of aromatic nitrogens is 3. The van der Waals surface area contributed by atoms with E-state index in [9.17, 15) is 13.2 Å². The molecule has 2 aromatic heterocycles. The highest BCUT2D eigenvalue weighted by atomic mass is 32.2. The zero-order valence-electron chi connectivity index (χ0n) is 28.6. The smallest absolute Gasteiger partial charge is 0.324 e. The minimum absolute atomic E-state index is 0.00233. The van der Waals surface area contributed by atoms with Gasteiger partial charge in [0.25, 0.3) is 0 Å². The van der Waals surface area contributed by atoms with Crippen LogP contribution in [0.3, 0.4) is 0 Å². The third-order valence-corrected chi connectivity index (χ3v) is 10.5. The van der Waals surface area contributed by atoms with Gasteiger partial charge in [-0.1, -0.05) is 111 Å². The highest BCUT2D eigenvalue weighted by Crippen LogP contribution is 2.19.